The van der Waals surface area contributed by atoms with Gasteiger partial charge in [-0.3, -0.25) is 0 Å². The van der Waals surface area contributed by atoms with Gasteiger partial charge in [-0.1, -0.05) is 48.5 Å². The number of amides is 1. The Morgan fingerprint density at radius 1 is 1.08 bits per heavy atom. The molecule has 0 radical (unpaired) electrons. The summed E-state index contributed by atoms with van der Waals surface area (Å²) in [5.74, 6) is -0.305. The van der Waals surface area contributed by atoms with E-state index in [2.05, 4.69) is 0 Å². The van der Waals surface area contributed by atoms with Crippen molar-refractivity contribution in [1.29, 1.82) is 0 Å². The summed E-state index contributed by atoms with van der Waals surface area (Å²) in [5.41, 5.74) is 0.451. The van der Waals surface area contributed by atoms with E-state index < -0.39 is 5.60 Å². The predicted octanol–water partition coefficient (Wildman–Crippen LogP) is 3.53. The minimum absolute atomic E-state index is 0.232. The molecule has 25 heavy (non-hydrogen) atoms. The molecule has 132 valence electrons. The molecule has 0 saturated carbocycles. The molecule has 5 heteroatoms. The lowest BCUT2D eigenvalue weighted by Gasteiger charge is -2.37. The maximum absolute atomic E-state index is 13.8. The zero-order chi connectivity index (χ0) is 17.7. The van der Waals surface area contributed by atoms with Crippen LogP contribution in [-0.2, 0) is 17.8 Å². The molecule has 0 atom stereocenters. The van der Waals surface area contributed by atoms with Gasteiger partial charge in [0.05, 0.1) is 5.60 Å². The molecule has 1 fully saturated rings. The summed E-state index contributed by atoms with van der Waals surface area (Å²) in [6.45, 7) is 1.03. The fraction of sp³-hybridized carbons (Fsp3) is 0.350. The van der Waals surface area contributed by atoms with E-state index in [-0.39, 0.29) is 24.9 Å². The molecule has 4 nitrogen and oxygen atoms in total. The first-order valence-corrected chi connectivity index (χ1v) is 8.47. The van der Waals surface area contributed by atoms with Crippen LogP contribution < -0.4 is 0 Å². The average Bonchev–Trinajstić information content (AvgIpc) is 2.63. The summed E-state index contributed by atoms with van der Waals surface area (Å²) in [4.78, 5) is 13.8. The Kier molecular flexibility index (Phi) is 5.34. The molecular weight excluding hydrogens is 321 g/mol. The van der Waals surface area contributed by atoms with E-state index in [4.69, 9.17) is 4.74 Å². The molecule has 0 spiro atoms. The number of ether oxygens (including phenoxy) is 1. The van der Waals surface area contributed by atoms with Crippen LogP contribution in [0, 0.1) is 5.82 Å². The summed E-state index contributed by atoms with van der Waals surface area (Å²) in [7, 11) is 0. The van der Waals surface area contributed by atoms with Crippen molar-refractivity contribution in [2.75, 3.05) is 13.1 Å². The highest BCUT2D eigenvalue weighted by atomic mass is 19.1. The zero-order valence-electron chi connectivity index (χ0n) is 14.0. The minimum Gasteiger partial charge on any atom is -0.445 e. The molecule has 1 heterocycles. The van der Waals surface area contributed by atoms with Crippen LogP contribution in [-0.4, -0.2) is 34.8 Å². The van der Waals surface area contributed by atoms with Crippen LogP contribution in [0.3, 0.4) is 0 Å². The van der Waals surface area contributed by atoms with Gasteiger partial charge in [0.2, 0.25) is 0 Å². The van der Waals surface area contributed by atoms with Crippen molar-refractivity contribution in [2.24, 2.45) is 0 Å². The van der Waals surface area contributed by atoms with Gasteiger partial charge in [-0.15, -0.1) is 0 Å². The second-order valence-electron chi connectivity index (χ2n) is 6.52. The Morgan fingerprint density at radius 2 is 1.72 bits per heavy atom. The van der Waals surface area contributed by atoms with Crippen LogP contribution in [0.25, 0.3) is 0 Å². The third-order valence-electron chi connectivity index (χ3n) is 4.63. The first-order valence-electron chi connectivity index (χ1n) is 8.47. The van der Waals surface area contributed by atoms with Gasteiger partial charge in [-0.2, -0.15) is 0 Å². The van der Waals surface area contributed by atoms with Gasteiger partial charge < -0.3 is 14.7 Å². The lowest BCUT2D eigenvalue weighted by molar-refractivity contribution is -0.0211. The Hall–Kier alpha value is -2.40. The number of piperidine rings is 1. The lowest BCUT2D eigenvalue weighted by Crippen LogP contribution is -2.48. The zero-order valence-corrected chi connectivity index (χ0v) is 14.0. The highest BCUT2D eigenvalue weighted by Crippen LogP contribution is 2.27. The summed E-state index contributed by atoms with van der Waals surface area (Å²) >= 11 is 0. The minimum atomic E-state index is -0.988. The van der Waals surface area contributed by atoms with E-state index in [0.29, 0.717) is 31.5 Å². The molecule has 0 unspecified atom stereocenters. The van der Waals surface area contributed by atoms with Gasteiger partial charge in [0.25, 0.3) is 0 Å². The second-order valence-corrected chi connectivity index (χ2v) is 6.52. The molecule has 3 rings (SSSR count). The highest BCUT2D eigenvalue weighted by molar-refractivity contribution is 5.67. The fourth-order valence-corrected chi connectivity index (χ4v) is 3.09. The lowest BCUT2D eigenvalue weighted by atomic mass is 9.85. The molecule has 0 aromatic heterocycles. The smallest absolute Gasteiger partial charge is 0.410 e. The van der Waals surface area contributed by atoms with Crippen LogP contribution in [0.5, 0.6) is 0 Å². The van der Waals surface area contributed by atoms with Crippen molar-refractivity contribution < 1.29 is 19.0 Å². The molecular formula is C20H22FNO3. The third kappa shape index (κ3) is 4.57. The largest absolute Gasteiger partial charge is 0.445 e. The SMILES string of the molecule is O=C(OCc1ccccc1)N1CCC(O)(Cc2ccccc2F)CC1. The molecule has 0 aliphatic carbocycles. The number of carbonyl (C=O) groups is 1. The number of aliphatic hydroxyl groups is 1. The van der Waals surface area contributed by atoms with E-state index in [0.717, 1.165) is 5.56 Å². The number of nitrogens with zero attached hydrogens (tertiary/aromatic N) is 1. The second kappa shape index (κ2) is 7.66. The maximum Gasteiger partial charge on any atom is 0.410 e. The van der Waals surface area contributed by atoms with E-state index in [1.54, 1.807) is 23.1 Å². The van der Waals surface area contributed by atoms with Crippen LogP contribution in [0.1, 0.15) is 24.0 Å². The number of rotatable bonds is 4. The number of carbonyl (C=O) groups excluding carboxylic acids is 1. The number of halogens is 1. The van der Waals surface area contributed by atoms with Gasteiger partial charge >= 0.3 is 6.09 Å². The number of hydrogen-bond acceptors (Lipinski definition) is 3. The monoisotopic (exact) mass is 343 g/mol. The summed E-state index contributed by atoms with van der Waals surface area (Å²) in [5, 5.41) is 10.7. The molecule has 2 aromatic carbocycles. The van der Waals surface area contributed by atoms with E-state index in [1.165, 1.54) is 6.07 Å². The van der Waals surface area contributed by atoms with Crippen molar-refractivity contribution >= 4 is 6.09 Å². The molecule has 0 bridgehead atoms. The Balaban J connectivity index is 1.50. The van der Waals surface area contributed by atoms with E-state index in [1.807, 2.05) is 30.3 Å². The predicted molar refractivity (Wildman–Crippen MR) is 92.5 cm³/mol. The first kappa shape index (κ1) is 17.4. The Bertz CT molecular complexity index is 712. The molecule has 1 N–H and O–H groups in total. The third-order valence-corrected chi connectivity index (χ3v) is 4.63. The molecule has 1 saturated heterocycles. The van der Waals surface area contributed by atoms with Crippen molar-refractivity contribution in [1.82, 2.24) is 4.90 Å². The topological polar surface area (TPSA) is 49.8 Å². The number of benzene rings is 2. The van der Waals surface area contributed by atoms with Crippen LogP contribution in [0.15, 0.2) is 54.6 Å². The summed E-state index contributed by atoms with van der Waals surface area (Å²) < 4.78 is 19.1. The van der Waals surface area contributed by atoms with Crippen molar-refractivity contribution in [3.8, 4) is 0 Å². The normalized spacial score (nSPS) is 16.5. The van der Waals surface area contributed by atoms with Gasteiger partial charge in [-0.05, 0) is 30.0 Å². The fourth-order valence-electron chi connectivity index (χ4n) is 3.09. The first-order chi connectivity index (χ1) is 12.1. The van der Waals surface area contributed by atoms with Crippen molar-refractivity contribution in [3.05, 3.63) is 71.5 Å². The van der Waals surface area contributed by atoms with Gasteiger partial charge in [-0.25, -0.2) is 9.18 Å². The summed E-state index contributed by atoms with van der Waals surface area (Å²) in [6.07, 6.45) is 0.688. The average molecular weight is 343 g/mol. The quantitative estimate of drug-likeness (QED) is 0.924. The highest BCUT2D eigenvalue weighted by Gasteiger charge is 2.35. The van der Waals surface area contributed by atoms with Crippen LogP contribution in [0.2, 0.25) is 0 Å². The standard InChI is InChI=1S/C20H22FNO3/c21-18-9-5-4-8-17(18)14-20(24)10-12-22(13-11-20)19(23)25-15-16-6-2-1-3-7-16/h1-9,24H,10-15H2. The number of hydrogen-bond donors (Lipinski definition) is 1. The van der Waals surface area contributed by atoms with Crippen LogP contribution >= 0.6 is 0 Å². The van der Waals surface area contributed by atoms with Gasteiger partial charge in [0, 0.05) is 19.5 Å². The van der Waals surface area contributed by atoms with Gasteiger partial charge in [0.15, 0.2) is 0 Å². The number of likely N-dealkylation sites (tertiary alicyclic amines) is 1. The van der Waals surface area contributed by atoms with Crippen molar-refractivity contribution in [3.63, 3.8) is 0 Å². The Morgan fingerprint density at radius 3 is 2.40 bits per heavy atom. The van der Waals surface area contributed by atoms with E-state index in [9.17, 15) is 14.3 Å². The Labute approximate surface area is 146 Å². The van der Waals surface area contributed by atoms with E-state index >= 15 is 0 Å². The molecule has 1 aliphatic heterocycles. The molecule has 1 aliphatic rings. The molecule has 1 amide bonds. The summed E-state index contributed by atoms with van der Waals surface area (Å²) in [6, 6.07) is 16.0. The van der Waals surface area contributed by atoms with Crippen molar-refractivity contribution in [2.45, 2.75) is 31.5 Å². The maximum atomic E-state index is 13.8. The molecule has 2 aromatic rings. The van der Waals surface area contributed by atoms with Crippen LogP contribution in [0.4, 0.5) is 9.18 Å². The van der Waals surface area contributed by atoms with Gasteiger partial charge in [0.1, 0.15) is 12.4 Å².